The SMILES string of the molecule is B[C@H]1C[C@@H](OP(C)(=O)S)[C@@H](CO)O1. The first-order valence-corrected chi connectivity index (χ1v) is 7.40. The number of aliphatic hydroxyl groups excluding tert-OH is 1. The zero-order valence-electron chi connectivity index (χ0n) is 7.71. The molecule has 7 heteroatoms. The smallest absolute Gasteiger partial charge is 0.252 e. The molecule has 1 unspecified atom stereocenters. The molecule has 0 aromatic carbocycles. The minimum Gasteiger partial charge on any atom is -0.394 e. The minimum absolute atomic E-state index is 0.0435. The van der Waals surface area contributed by atoms with Crippen molar-refractivity contribution in [3.63, 3.8) is 0 Å². The van der Waals surface area contributed by atoms with Crippen molar-refractivity contribution in [2.75, 3.05) is 13.3 Å². The van der Waals surface area contributed by atoms with E-state index in [1.54, 1.807) is 0 Å². The molecule has 0 bridgehead atoms. The van der Waals surface area contributed by atoms with Crippen LogP contribution in [-0.2, 0) is 13.8 Å². The summed E-state index contributed by atoms with van der Waals surface area (Å²) in [6, 6.07) is 0.0435. The van der Waals surface area contributed by atoms with E-state index in [9.17, 15) is 4.57 Å². The molecule has 4 atom stereocenters. The van der Waals surface area contributed by atoms with E-state index in [-0.39, 0.29) is 24.8 Å². The van der Waals surface area contributed by atoms with Crippen LogP contribution >= 0.6 is 18.8 Å². The van der Waals surface area contributed by atoms with Crippen molar-refractivity contribution in [1.29, 1.82) is 0 Å². The van der Waals surface area contributed by atoms with Gasteiger partial charge in [0.25, 0.3) is 6.57 Å². The molecule has 0 aromatic rings. The summed E-state index contributed by atoms with van der Waals surface area (Å²) in [5.74, 6) is 0. The predicted octanol–water partition coefficient (Wildman–Crippen LogP) is -0.135. The fraction of sp³-hybridized carbons (Fsp3) is 1.00. The Kier molecular flexibility index (Phi) is 3.89. The summed E-state index contributed by atoms with van der Waals surface area (Å²) in [5, 5.41) is 8.93. The van der Waals surface area contributed by atoms with Gasteiger partial charge >= 0.3 is 0 Å². The maximum atomic E-state index is 11.2. The van der Waals surface area contributed by atoms with E-state index in [0.29, 0.717) is 6.42 Å². The highest BCUT2D eigenvalue weighted by atomic mass is 32.7. The van der Waals surface area contributed by atoms with Gasteiger partial charge in [0.1, 0.15) is 14.0 Å². The molecule has 13 heavy (non-hydrogen) atoms. The number of aliphatic hydroxyl groups is 1. The monoisotopic (exact) mass is 224 g/mol. The lowest BCUT2D eigenvalue weighted by molar-refractivity contribution is 0.00552. The average molecular weight is 224 g/mol. The molecule has 0 aromatic heterocycles. The van der Waals surface area contributed by atoms with Crippen molar-refractivity contribution in [2.45, 2.75) is 24.6 Å². The summed E-state index contributed by atoms with van der Waals surface area (Å²) in [4.78, 5) is 0. The quantitative estimate of drug-likeness (QED) is 0.398. The van der Waals surface area contributed by atoms with Gasteiger partial charge in [-0.2, -0.15) is 0 Å². The normalized spacial score (nSPS) is 38.8. The van der Waals surface area contributed by atoms with Crippen molar-refractivity contribution >= 4 is 26.7 Å². The lowest BCUT2D eigenvalue weighted by atomic mass is 9.96. The van der Waals surface area contributed by atoms with Gasteiger partial charge in [-0.15, -0.1) is 0 Å². The number of rotatable bonds is 3. The van der Waals surface area contributed by atoms with E-state index < -0.39 is 6.57 Å². The molecule has 1 aliphatic rings. The first kappa shape index (κ1) is 11.6. The first-order valence-electron chi connectivity index (χ1n) is 4.17. The zero-order chi connectivity index (χ0) is 10.1. The Morgan fingerprint density at radius 1 is 1.85 bits per heavy atom. The zero-order valence-corrected chi connectivity index (χ0v) is 9.50. The summed E-state index contributed by atoms with van der Waals surface area (Å²) < 4.78 is 21.8. The molecule has 0 radical (unpaired) electrons. The Bertz CT molecular complexity index is 221. The highest BCUT2D eigenvalue weighted by Crippen LogP contribution is 2.50. The average Bonchev–Trinajstić information content (AvgIpc) is 2.27. The molecule has 1 aliphatic heterocycles. The molecule has 0 spiro atoms. The molecule has 1 saturated heterocycles. The van der Waals surface area contributed by atoms with Crippen molar-refractivity contribution in [1.82, 2.24) is 0 Å². The van der Waals surface area contributed by atoms with Crippen molar-refractivity contribution < 1.29 is 18.9 Å². The summed E-state index contributed by atoms with van der Waals surface area (Å²) in [6.45, 7) is -1.46. The van der Waals surface area contributed by atoms with E-state index in [2.05, 4.69) is 12.2 Å². The van der Waals surface area contributed by atoms with E-state index >= 15 is 0 Å². The molecule has 0 saturated carbocycles. The van der Waals surface area contributed by atoms with E-state index in [1.165, 1.54) is 6.66 Å². The second kappa shape index (κ2) is 4.36. The van der Waals surface area contributed by atoms with Crippen molar-refractivity contribution in [3.8, 4) is 0 Å². The molecule has 0 amide bonds. The third-order valence-corrected chi connectivity index (χ3v) is 2.84. The van der Waals surface area contributed by atoms with E-state index in [4.69, 9.17) is 14.4 Å². The Morgan fingerprint density at radius 2 is 2.46 bits per heavy atom. The fourth-order valence-corrected chi connectivity index (χ4v) is 2.53. The van der Waals surface area contributed by atoms with Crippen LogP contribution in [0.5, 0.6) is 0 Å². The number of hydrogen-bond acceptors (Lipinski definition) is 4. The van der Waals surface area contributed by atoms with Gasteiger partial charge in [0, 0.05) is 12.7 Å². The Balaban J connectivity index is 2.54. The van der Waals surface area contributed by atoms with Crippen LogP contribution in [0.4, 0.5) is 0 Å². The molecular formula is C6H14BO4PS. The molecular weight excluding hydrogens is 210 g/mol. The van der Waals surface area contributed by atoms with Gasteiger partial charge in [-0.3, -0.25) is 4.57 Å². The molecule has 4 nitrogen and oxygen atoms in total. The van der Waals surface area contributed by atoms with Crippen LogP contribution in [0.15, 0.2) is 0 Å². The highest BCUT2D eigenvalue weighted by Gasteiger charge is 2.35. The second-order valence-electron chi connectivity index (χ2n) is 3.35. The fourth-order valence-electron chi connectivity index (χ4n) is 1.44. The number of ether oxygens (including phenoxy) is 1. The number of thiol groups is 1. The van der Waals surface area contributed by atoms with Gasteiger partial charge in [-0.1, -0.05) is 12.2 Å². The van der Waals surface area contributed by atoms with Crippen molar-refractivity contribution in [3.05, 3.63) is 0 Å². The highest BCUT2D eigenvalue weighted by molar-refractivity contribution is 8.46. The molecule has 0 aliphatic carbocycles. The Labute approximate surface area is 84.0 Å². The topological polar surface area (TPSA) is 55.8 Å². The van der Waals surface area contributed by atoms with Crippen LogP contribution in [0.25, 0.3) is 0 Å². The lowest BCUT2D eigenvalue weighted by Gasteiger charge is -2.18. The van der Waals surface area contributed by atoms with Gasteiger partial charge in [-0.25, -0.2) is 0 Å². The van der Waals surface area contributed by atoms with Crippen LogP contribution < -0.4 is 0 Å². The summed E-state index contributed by atoms with van der Waals surface area (Å²) in [7, 11) is 1.89. The standard InChI is InChI=1S/C6H14BO4PS/c1-12(9,13)11-4-2-6(7)10-5(4)3-8/h4-6,8H,2-3,7H2,1H3,(H,9,13)/t4-,5-,6-,12?/m1/s1. The summed E-state index contributed by atoms with van der Waals surface area (Å²) >= 11 is 3.83. The Hall–Kier alpha value is 0.525. The van der Waals surface area contributed by atoms with Crippen molar-refractivity contribution in [2.24, 2.45) is 0 Å². The van der Waals surface area contributed by atoms with Gasteiger partial charge in [0.2, 0.25) is 0 Å². The minimum atomic E-state index is -2.79. The van der Waals surface area contributed by atoms with Crippen LogP contribution in [0.2, 0.25) is 0 Å². The molecule has 1 heterocycles. The summed E-state index contributed by atoms with van der Waals surface area (Å²) in [6.07, 6.45) is -0.00682. The van der Waals surface area contributed by atoms with Crippen LogP contribution in [0, 0.1) is 0 Å². The second-order valence-corrected chi connectivity index (χ2v) is 7.35. The van der Waals surface area contributed by atoms with Gasteiger partial charge < -0.3 is 14.4 Å². The van der Waals surface area contributed by atoms with Crippen LogP contribution in [0.1, 0.15) is 6.42 Å². The van der Waals surface area contributed by atoms with Gasteiger partial charge in [0.05, 0.1) is 12.7 Å². The maximum Gasteiger partial charge on any atom is 0.252 e. The van der Waals surface area contributed by atoms with Crippen LogP contribution in [0.3, 0.4) is 0 Å². The maximum absolute atomic E-state index is 11.2. The third-order valence-electron chi connectivity index (χ3n) is 1.90. The Morgan fingerprint density at radius 3 is 2.92 bits per heavy atom. The molecule has 1 N–H and O–H groups in total. The number of hydrogen-bond donors (Lipinski definition) is 2. The summed E-state index contributed by atoms with van der Waals surface area (Å²) in [5.41, 5.74) is 0. The van der Waals surface area contributed by atoms with E-state index in [1.807, 2.05) is 7.85 Å². The predicted molar refractivity (Wildman–Crippen MR) is 56.3 cm³/mol. The largest absolute Gasteiger partial charge is 0.394 e. The van der Waals surface area contributed by atoms with Crippen LogP contribution in [-0.4, -0.2) is 44.4 Å². The first-order chi connectivity index (χ1) is 5.92. The van der Waals surface area contributed by atoms with Gasteiger partial charge in [-0.05, 0) is 6.42 Å². The van der Waals surface area contributed by atoms with E-state index in [0.717, 1.165) is 0 Å². The molecule has 76 valence electrons. The molecule has 1 fully saturated rings. The third kappa shape index (κ3) is 3.64. The molecule has 1 rings (SSSR count). The lowest BCUT2D eigenvalue weighted by Crippen LogP contribution is -2.26. The van der Waals surface area contributed by atoms with Gasteiger partial charge in [0.15, 0.2) is 0 Å².